The molecule has 0 radical (unpaired) electrons. The molecule has 0 spiro atoms. The van der Waals surface area contributed by atoms with Crippen LogP contribution < -0.4 is 15.0 Å². The summed E-state index contributed by atoms with van der Waals surface area (Å²) >= 11 is 0. The van der Waals surface area contributed by atoms with E-state index in [0.29, 0.717) is 31.0 Å². The maximum atomic E-state index is 11.4. The third-order valence-corrected chi connectivity index (χ3v) is 7.03. The molecule has 4 heterocycles. The molecule has 11 heteroatoms. The highest BCUT2D eigenvalue weighted by Crippen LogP contribution is 2.31. The van der Waals surface area contributed by atoms with E-state index in [9.17, 15) is 9.90 Å². The van der Waals surface area contributed by atoms with Crippen LogP contribution in [0.2, 0.25) is 0 Å². The number of ether oxygens (including phenoxy) is 1. The van der Waals surface area contributed by atoms with Gasteiger partial charge in [0.15, 0.2) is 5.82 Å². The van der Waals surface area contributed by atoms with E-state index >= 15 is 0 Å². The van der Waals surface area contributed by atoms with Gasteiger partial charge in [0.25, 0.3) is 0 Å². The van der Waals surface area contributed by atoms with E-state index in [2.05, 4.69) is 25.2 Å². The maximum absolute atomic E-state index is 11.4. The minimum Gasteiger partial charge on any atom is -0.465 e. The third kappa shape index (κ3) is 4.74. The number of nitrogens with one attached hydrogen (secondary N) is 1. The zero-order chi connectivity index (χ0) is 27.1. The van der Waals surface area contributed by atoms with Crippen molar-refractivity contribution in [3.8, 4) is 11.5 Å². The average Bonchev–Trinajstić information content (AvgIpc) is 3.29. The van der Waals surface area contributed by atoms with Crippen molar-refractivity contribution in [1.29, 1.82) is 0 Å². The number of imidazole rings is 1. The first-order chi connectivity index (χ1) is 18.9. The van der Waals surface area contributed by atoms with E-state index in [0.717, 1.165) is 45.1 Å². The molecule has 0 unspecified atom stereocenters. The summed E-state index contributed by atoms with van der Waals surface area (Å²) in [5.41, 5.74) is 5.09. The molecule has 198 valence electrons. The predicted molar refractivity (Wildman–Crippen MR) is 149 cm³/mol. The van der Waals surface area contributed by atoms with E-state index in [-0.39, 0.29) is 6.04 Å². The minimum absolute atomic E-state index is 0.132. The molecule has 1 atom stereocenters. The van der Waals surface area contributed by atoms with Crippen LogP contribution in [0.4, 0.5) is 22.1 Å². The first kappa shape index (κ1) is 24.4. The zero-order valence-electron chi connectivity index (χ0n) is 21.9. The Hall–Kier alpha value is -4.93. The summed E-state index contributed by atoms with van der Waals surface area (Å²) in [5, 5.41) is 12.8. The van der Waals surface area contributed by atoms with E-state index < -0.39 is 6.09 Å². The standard InChI is InChI=1S/C28H28N8O3/c1-17-12-19(4-8-24(17)39-20-5-7-23-22(13-20)31-16-34(23)3)32-27-26-21(29-15-30-27)6-9-25(33-26)35-10-11-36(28(37)38)18(2)14-35/h4-9,12-13,15-16,18H,10-11,14H2,1-3H3,(H,37,38)(H,29,30,32)/t18-/m0/s1. The fourth-order valence-electron chi connectivity index (χ4n) is 4.93. The predicted octanol–water partition coefficient (Wildman–Crippen LogP) is 4.94. The number of amides is 1. The Morgan fingerprint density at radius 1 is 1.05 bits per heavy atom. The molecule has 0 aliphatic carbocycles. The Labute approximate surface area is 224 Å². The van der Waals surface area contributed by atoms with Crippen LogP contribution in [0.1, 0.15) is 12.5 Å². The van der Waals surface area contributed by atoms with Crippen molar-refractivity contribution in [1.82, 2.24) is 29.4 Å². The number of benzene rings is 2. The van der Waals surface area contributed by atoms with Crippen LogP contribution in [0.3, 0.4) is 0 Å². The Balaban J connectivity index is 1.22. The topological polar surface area (TPSA) is 122 Å². The summed E-state index contributed by atoms with van der Waals surface area (Å²) < 4.78 is 8.13. The summed E-state index contributed by atoms with van der Waals surface area (Å²) in [6.45, 7) is 5.46. The second-order valence-corrected chi connectivity index (χ2v) is 9.74. The molecule has 11 nitrogen and oxygen atoms in total. The highest BCUT2D eigenvalue weighted by molar-refractivity contribution is 5.88. The number of hydrogen-bond acceptors (Lipinski definition) is 8. The van der Waals surface area contributed by atoms with E-state index in [1.54, 1.807) is 6.33 Å². The first-order valence-corrected chi connectivity index (χ1v) is 12.7. The smallest absolute Gasteiger partial charge is 0.407 e. The monoisotopic (exact) mass is 524 g/mol. The Bertz CT molecular complexity index is 1700. The molecule has 39 heavy (non-hydrogen) atoms. The summed E-state index contributed by atoms with van der Waals surface area (Å²) in [7, 11) is 1.96. The van der Waals surface area contributed by atoms with Gasteiger partial charge in [-0.25, -0.2) is 24.7 Å². The molecule has 2 aromatic carbocycles. The summed E-state index contributed by atoms with van der Waals surface area (Å²) in [4.78, 5) is 33.1. The van der Waals surface area contributed by atoms with Gasteiger partial charge >= 0.3 is 6.09 Å². The normalized spacial score (nSPS) is 15.6. The number of pyridine rings is 1. The van der Waals surface area contributed by atoms with Gasteiger partial charge in [0.2, 0.25) is 0 Å². The fourth-order valence-corrected chi connectivity index (χ4v) is 4.93. The van der Waals surface area contributed by atoms with Crippen LogP contribution in [0.5, 0.6) is 11.5 Å². The van der Waals surface area contributed by atoms with E-state index in [1.807, 2.05) is 74.0 Å². The average molecular weight is 525 g/mol. The van der Waals surface area contributed by atoms with E-state index in [1.165, 1.54) is 11.2 Å². The van der Waals surface area contributed by atoms with Crippen molar-refractivity contribution < 1.29 is 14.6 Å². The maximum Gasteiger partial charge on any atom is 0.407 e. The summed E-state index contributed by atoms with van der Waals surface area (Å²) in [5.74, 6) is 2.83. The number of carbonyl (C=O) groups is 1. The number of aryl methyl sites for hydroxylation is 2. The molecule has 6 rings (SSSR count). The van der Waals surface area contributed by atoms with Gasteiger partial charge in [-0.1, -0.05) is 0 Å². The number of piperazine rings is 1. The van der Waals surface area contributed by atoms with E-state index in [4.69, 9.17) is 9.72 Å². The molecular formula is C28H28N8O3. The zero-order valence-corrected chi connectivity index (χ0v) is 21.9. The van der Waals surface area contributed by atoms with Gasteiger partial charge in [-0.3, -0.25) is 0 Å². The molecule has 2 N–H and O–H groups in total. The summed E-state index contributed by atoms with van der Waals surface area (Å²) in [6.07, 6.45) is 2.40. The molecule has 1 aliphatic heterocycles. The highest BCUT2D eigenvalue weighted by atomic mass is 16.5. The first-order valence-electron chi connectivity index (χ1n) is 12.7. The van der Waals surface area contributed by atoms with Gasteiger partial charge < -0.3 is 29.5 Å². The van der Waals surface area contributed by atoms with Gasteiger partial charge in [-0.2, -0.15) is 0 Å². The molecule has 5 aromatic rings. The van der Waals surface area contributed by atoms with Crippen LogP contribution in [0, 0.1) is 6.92 Å². The number of anilines is 3. The Morgan fingerprint density at radius 3 is 2.72 bits per heavy atom. The van der Waals surface area contributed by atoms with Gasteiger partial charge in [-0.05, 0) is 61.9 Å². The number of fused-ring (bicyclic) bond motifs is 2. The second-order valence-electron chi connectivity index (χ2n) is 9.74. The van der Waals surface area contributed by atoms with Crippen molar-refractivity contribution >= 4 is 45.5 Å². The van der Waals surface area contributed by atoms with Crippen LogP contribution in [-0.4, -0.2) is 66.3 Å². The van der Waals surface area contributed by atoms with Crippen LogP contribution >= 0.6 is 0 Å². The molecule has 0 saturated carbocycles. The number of aromatic nitrogens is 5. The van der Waals surface area contributed by atoms with Crippen molar-refractivity contribution in [2.24, 2.45) is 7.05 Å². The van der Waals surface area contributed by atoms with Gasteiger partial charge in [0.05, 0.1) is 22.9 Å². The Kier molecular flexibility index (Phi) is 6.10. The molecule has 1 amide bonds. The van der Waals surface area contributed by atoms with Gasteiger partial charge in [0.1, 0.15) is 29.2 Å². The quantitative estimate of drug-likeness (QED) is 0.329. The lowest BCUT2D eigenvalue weighted by Gasteiger charge is -2.38. The molecule has 1 fully saturated rings. The van der Waals surface area contributed by atoms with Crippen LogP contribution in [0.25, 0.3) is 22.1 Å². The minimum atomic E-state index is -0.894. The fraction of sp³-hybridized carbons (Fsp3) is 0.250. The lowest BCUT2D eigenvalue weighted by atomic mass is 10.2. The van der Waals surface area contributed by atoms with Gasteiger partial charge in [-0.15, -0.1) is 0 Å². The van der Waals surface area contributed by atoms with Crippen LogP contribution in [-0.2, 0) is 7.05 Å². The number of nitrogens with zero attached hydrogens (tertiary/aromatic N) is 7. The third-order valence-electron chi connectivity index (χ3n) is 7.03. The second kappa shape index (κ2) is 9.75. The number of carboxylic acid groups (broad SMARTS) is 1. The SMILES string of the molecule is Cc1cc(Nc2ncnc3ccc(N4CCN(C(=O)O)[C@@H](C)C4)nc23)ccc1Oc1ccc2c(c1)ncn2C. The van der Waals surface area contributed by atoms with Crippen molar-refractivity contribution in [2.75, 3.05) is 29.9 Å². The molecule has 1 aliphatic rings. The Morgan fingerprint density at radius 2 is 1.92 bits per heavy atom. The molecule has 1 saturated heterocycles. The number of rotatable bonds is 5. The molecule has 0 bridgehead atoms. The summed E-state index contributed by atoms with van der Waals surface area (Å²) in [6, 6.07) is 15.4. The van der Waals surface area contributed by atoms with Crippen molar-refractivity contribution in [3.63, 3.8) is 0 Å². The largest absolute Gasteiger partial charge is 0.465 e. The molecular weight excluding hydrogens is 496 g/mol. The molecule has 3 aromatic heterocycles. The lowest BCUT2D eigenvalue weighted by Crippen LogP contribution is -2.53. The lowest BCUT2D eigenvalue weighted by molar-refractivity contribution is 0.122. The highest BCUT2D eigenvalue weighted by Gasteiger charge is 2.28. The van der Waals surface area contributed by atoms with Crippen molar-refractivity contribution in [3.05, 3.63) is 66.7 Å². The number of hydrogen-bond donors (Lipinski definition) is 2. The van der Waals surface area contributed by atoms with Gasteiger partial charge in [0, 0.05) is 44.5 Å². The van der Waals surface area contributed by atoms with Crippen molar-refractivity contribution in [2.45, 2.75) is 19.9 Å². The van der Waals surface area contributed by atoms with Crippen LogP contribution in [0.15, 0.2) is 61.2 Å².